The number of carbonyl (C=O) groups is 1. The van der Waals surface area contributed by atoms with E-state index in [1.54, 1.807) is 6.20 Å². The summed E-state index contributed by atoms with van der Waals surface area (Å²) in [5.74, 6) is 0.612. The molecule has 0 atom stereocenters. The van der Waals surface area contributed by atoms with E-state index in [1.807, 2.05) is 29.6 Å². The summed E-state index contributed by atoms with van der Waals surface area (Å²) in [4.78, 5) is 16.9. The average molecular weight is 321 g/mol. The number of nitriles is 1. The molecule has 0 aliphatic carbocycles. The second kappa shape index (κ2) is 7.94. The van der Waals surface area contributed by atoms with E-state index in [9.17, 15) is 4.79 Å². The van der Waals surface area contributed by atoms with E-state index in [1.165, 1.54) is 34.9 Å². The number of thioether (sulfide) groups is 2. The van der Waals surface area contributed by atoms with Crippen molar-refractivity contribution < 1.29 is 4.79 Å². The molecular weight excluding hydrogens is 310 g/mol. The number of hydrogen-bond donors (Lipinski definition) is 1. The second-order valence-electron chi connectivity index (χ2n) is 3.58. The summed E-state index contributed by atoms with van der Waals surface area (Å²) in [7, 11) is 0. The van der Waals surface area contributed by atoms with E-state index < -0.39 is 0 Å². The number of para-hydroxylation sites is 1. The SMILES string of the molecule is N#CCSc1ccccc1NC(=O)CSc1nccs1. The molecule has 0 aliphatic heterocycles. The molecule has 0 fully saturated rings. The number of amides is 1. The van der Waals surface area contributed by atoms with Crippen LogP contribution in [0.3, 0.4) is 0 Å². The first kappa shape index (κ1) is 14.9. The van der Waals surface area contributed by atoms with Crippen LogP contribution in [0.4, 0.5) is 5.69 Å². The van der Waals surface area contributed by atoms with Crippen molar-refractivity contribution in [2.45, 2.75) is 9.24 Å². The summed E-state index contributed by atoms with van der Waals surface area (Å²) in [6, 6.07) is 9.56. The molecule has 0 bridgehead atoms. The highest BCUT2D eigenvalue weighted by Crippen LogP contribution is 2.27. The number of carbonyl (C=O) groups excluding carboxylic acids is 1. The zero-order chi connectivity index (χ0) is 14.2. The van der Waals surface area contributed by atoms with Crippen LogP contribution in [0.25, 0.3) is 0 Å². The smallest absolute Gasteiger partial charge is 0.234 e. The van der Waals surface area contributed by atoms with Gasteiger partial charge in [-0.05, 0) is 12.1 Å². The van der Waals surface area contributed by atoms with Crippen LogP contribution < -0.4 is 5.32 Å². The highest BCUT2D eigenvalue weighted by molar-refractivity contribution is 8.01. The fourth-order valence-electron chi connectivity index (χ4n) is 1.40. The Bertz CT molecular complexity index is 608. The molecular formula is C13H11N3OS3. The minimum Gasteiger partial charge on any atom is -0.324 e. The van der Waals surface area contributed by atoms with Gasteiger partial charge in [0.05, 0.1) is 23.3 Å². The molecule has 0 unspecified atom stereocenters. The standard InChI is InChI=1S/C13H11N3OS3/c14-5-7-18-11-4-2-1-3-10(11)16-12(17)9-20-13-15-6-8-19-13/h1-4,6,8H,7,9H2,(H,16,17). The minimum absolute atomic E-state index is 0.0739. The fraction of sp³-hybridized carbons (Fsp3) is 0.154. The van der Waals surface area contributed by atoms with E-state index in [4.69, 9.17) is 5.26 Å². The van der Waals surface area contributed by atoms with Crippen molar-refractivity contribution in [2.24, 2.45) is 0 Å². The van der Waals surface area contributed by atoms with Gasteiger partial charge in [-0.25, -0.2) is 4.98 Å². The Hall–Kier alpha value is -1.49. The van der Waals surface area contributed by atoms with Gasteiger partial charge in [0.25, 0.3) is 0 Å². The molecule has 1 amide bonds. The molecule has 2 aromatic rings. The number of hydrogen-bond acceptors (Lipinski definition) is 6. The molecule has 0 saturated heterocycles. The Kier molecular flexibility index (Phi) is 5.92. The normalized spacial score (nSPS) is 9.95. The van der Waals surface area contributed by atoms with E-state index in [0.29, 0.717) is 11.5 Å². The third kappa shape index (κ3) is 4.56. The lowest BCUT2D eigenvalue weighted by Crippen LogP contribution is -2.14. The van der Waals surface area contributed by atoms with Gasteiger partial charge in [-0.2, -0.15) is 5.26 Å². The van der Waals surface area contributed by atoms with Gasteiger partial charge >= 0.3 is 0 Å². The van der Waals surface area contributed by atoms with Crippen LogP contribution in [0, 0.1) is 11.3 Å². The summed E-state index contributed by atoms with van der Waals surface area (Å²) in [6.45, 7) is 0. The van der Waals surface area contributed by atoms with Crippen molar-refractivity contribution in [3.8, 4) is 6.07 Å². The Labute approximate surface area is 129 Å². The number of aromatic nitrogens is 1. The molecule has 1 aromatic heterocycles. The zero-order valence-electron chi connectivity index (χ0n) is 10.4. The van der Waals surface area contributed by atoms with Crippen LogP contribution in [0.5, 0.6) is 0 Å². The van der Waals surface area contributed by atoms with Gasteiger partial charge in [0, 0.05) is 16.5 Å². The van der Waals surface area contributed by atoms with Crippen LogP contribution in [-0.2, 0) is 4.79 Å². The quantitative estimate of drug-likeness (QED) is 0.825. The van der Waals surface area contributed by atoms with E-state index in [0.717, 1.165) is 14.9 Å². The van der Waals surface area contributed by atoms with Gasteiger partial charge in [0.15, 0.2) is 0 Å². The largest absolute Gasteiger partial charge is 0.324 e. The average Bonchev–Trinajstić information content (AvgIpc) is 2.97. The monoisotopic (exact) mass is 321 g/mol. The van der Waals surface area contributed by atoms with Crippen molar-refractivity contribution >= 4 is 46.5 Å². The highest BCUT2D eigenvalue weighted by atomic mass is 32.2. The summed E-state index contributed by atoms with van der Waals surface area (Å²) < 4.78 is 0.882. The lowest BCUT2D eigenvalue weighted by atomic mass is 10.3. The third-order valence-corrected chi connectivity index (χ3v) is 5.10. The van der Waals surface area contributed by atoms with Crippen LogP contribution in [0.15, 0.2) is 45.1 Å². The Balaban J connectivity index is 1.92. The molecule has 1 N–H and O–H groups in total. The summed E-state index contributed by atoms with van der Waals surface area (Å²) in [5, 5.41) is 13.4. The van der Waals surface area contributed by atoms with Crippen molar-refractivity contribution in [2.75, 3.05) is 16.8 Å². The molecule has 0 saturated carbocycles. The predicted octanol–water partition coefficient (Wildman–Crippen LogP) is 3.49. The summed E-state index contributed by atoms with van der Waals surface area (Å²) >= 11 is 4.34. The molecule has 102 valence electrons. The predicted molar refractivity (Wildman–Crippen MR) is 84.2 cm³/mol. The van der Waals surface area contributed by atoms with Crippen molar-refractivity contribution in [3.05, 3.63) is 35.8 Å². The van der Waals surface area contributed by atoms with Gasteiger partial charge < -0.3 is 5.32 Å². The first-order valence-electron chi connectivity index (χ1n) is 5.70. The fourth-order valence-corrected chi connectivity index (χ4v) is 3.51. The second-order valence-corrected chi connectivity index (χ2v) is 6.71. The van der Waals surface area contributed by atoms with Gasteiger partial charge in [0.2, 0.25) is 5.91 Å². The van der Waals surface area contributed by atoms with Gasteiger partial charge in [-0.3, -0.25) is 4.79 Å². The van der Waals surface area contributed by atoms with Crippen molar-refractivity contribution in [1.82, 2.24) is 4.98 Å². The third-order valence-electron chi connectivity index (χ3n) is 2.19. The van der Waals surface area contributed by atoms with Gasteiger partial charge in [0.1, 0.15) is 4.34 Å². The molecule has 0 spiro atoms. The maximum absolute atomic E-state index is 11.9. The summed E-state index contributed by atoms with van der Waals surface area (Å²) in [5.41, 5.74) is 0.748. The molecule has 0 aliphatic rings. The first-order valence-corrected chi connectivity index (χ1v) is 8.55. The van der Waals surface area contributed by atoms with Gasteiger partial charge in [-0.1, -0.05) is 23.9 Å². The van der Waals surface area contributed by atoms with Gasteiger partial charge in [-0.15, -0.1) is 23.1 Å². The zero-order valence-corrected chi connectivity index (χ0v) is 12.9. The Morgan fingerprint density at radius 1 is 1.40 bits per heavy atom. The van der Waals surface area contributed by atoms with Crippen molar-refractivity contribution in [1.29, 1.82) is 5.26 Å². The number of nitrogens with zero attached hydrogens (tertiary/aromatic N) is 2. The number of nitrogens with one attached hydrogen (secondary N) is 1. The van der Waals surface area contributed by atoms with Crippen LogP contribution >= 0.6 is 34.9 Å². The number of anilines is 1. The highest BCUT2D eigenvalue weighted by Gasteiger charge is 2.08. The molecule has 20 heavy (non-hydrogen) atoms. The Morgan fingerprint density at radius 3 is 3.00 bits per heavy atom. The number of thiazole rings is 1. The number of benzene rings is 1. The lowest BCUT2D eigenvalue weighted by Gasteiger charge is -2.08. The molecule has 1 aromatic carbocycles. The van der Waals surface area contributed by atoms with E-state index >= 15 is 0 Å². The lowest BCUT2D eigenvalue weighted by molar-refractivity contribution is -0.113. The topological polar surface area (TPSA) is 65.8 Å². The molecule has 2 rings (SSSR count). The molecule has 7 heteroatoms. The first-order chi connectivity index (χ1) is 9.79. The minimum atomic E-state index is -0.0739. The molecule has 1 heterocycles. The number of rotatable bonds is 6. The Morgan fingerprint density at radius 2 is 2.25 bits per heavy atom. The van der Waals surface area contributed by atoms with Crippen LogP contribution in [0.2, 0.25) is 0 Å². The van der Waals surface area contributed by atoms with Crippen molar-refractivity contribution in [3.63, 3.8) is 0 Å². The molecule has 4 nitrogen and oxygen atoms in total. The molecule has 0 radical (unpaired) electrons. The maximum Gasteiger partial charge on any atom is 0.234 e. The van der Waals surface area contributed by atoms with Crippen LogP contribution in [0.1, 0.15) is 0 Å². The summed E-state index contributed by atoms with van der Waals surface area (Å²) in [6.07, 6.45) is 1.72. The maximum atomic E-state index is 11.9. The van der Waals surface area contributed by atoms with E-state index in [2.05, 4.69) is 16.4 Å². The van der Waals surface area contributed by atoms with E-state index in [-0.39, 0.29) is 5.91 Å². The van der Waals surface area contributed by atoms with Crippen LogP contribution in [-0.4, -0.2) is 22.4 Å².